The van der Waals surface area contributed by atoms with Crippen molar-refractivity contribution in [1.82, 2.24) is 5.48 Å². The van der Waals surface area contributed by atoms with E-state index in [1.807, 2.05) is 6.92 Å². The Morgan fingerprint density at radius 3 is 2.94 bits per heavy atom. The molecule has 0 saturated carbocycles. The van der Waals surface area contributed by atoms with Crippen molar-refractivity contribution >= 4 is 20.4 Å². The minimum absolute atomic E-state index is 0.617. The monoisotopic (exact) mass is 281 g/mol. The molecule has 0 radical (unpaired) electrons. The van der Waals surface area contributed by atoms with E-state index in [0.29, 0.717) is 18.4 Å². The number of rotatable bonds is 6. The summed E-state index contributed by atoms with van der Waals surface area (Å²) in [6.45, 7) is 6.38. The second-order valence-corrected chi connectivity index (χ2v) is 7.30. The van der Waals surface area contributed by atoms with Crippen LogP contribution in [0.3, 0.4) is 0 Å². The summed E-state index contributed by atoms with van der Waals surface area (Å²) in [5.74, 6) is 1.24. The van der Waals surface area contributed by atoms with Crippen molar-refractivity contribution in [1.29, 1.82) is 0 Å². The lowest BCUT2D eigenvalue weighted by molar-refractivity contribution is -0.000891. The summed E-state index contributed by atoms with van der Waals surface area (Å²) in [6, 6.07) is 0.786. The summed E-state index contributed by atoms with van der Waals surface area (Å²) in [6.07, 6.45) is 3.08. The Bertz CT molecular complexity index is 199. The lowest BCUT2D eigenvalue weighted by Gasteiger charge is -2.32. The molecule has 0 aromatic rings. The topological polar surface area (TPSA) is 39.7 Å². The fourth-order valence-electron chi connectivity index (χ4n) is 1.90. The molecule has 17 heavy (non-hydrogen) atoms. The summed E-state index contributed by atoms with van der Waals surface area (Å²) in [7, 11) is -2.52. The van der Waals surface area contributed by atoms with Gasteiger partial charge >= 0.3 is 8.80 Å². The number of alkyl halides is 1. The van der Waals surface area contributed by atoms with E-state index in [1.165, 1.54) is 0 Å². The highest BCUT2D eigenvalue weighted by Crippen LogP contribution is 2.21. The van der Waals surface area contributed by atoms with Gasteiger partial charge in [0, 0.05) is 31.7 Å². The molecule has 6 heteroatoms. The molecule has 1 saturated heterocycles. The zero-order chi connectivity index (χ0) is 12.6. The van der Waals surface area contributed by atoms with Crippen molar-refractivity contribution in [3.63, 3.8) is 0 Å². The van der Waals surface area contributed by atoms with Crippen LogP contribution in [0.4, 0.5) is 0 Å². The Morgan fingerprint density at radius 1 is 1.47 bits per heavy atom. The quantitative estimate of drug-likeness (QED) is 0.600. The SMILES string of the molecule is CCO[Si]1(CCCCl)OCCC(CC)CNO1. The summed E-state index contributed by atoms with van der Waals surface area (Å²) in [5, 5.41) is 0. The maximum Gasteiger partial charge on any atom is 0.517 e. The molecule has 1 heterocycles. The molecule has 0 aliphatic carbocycles. The van der Waals surface area contributed by atoms with Crippen LogP contribution >= 0.6 is 11.6 Å². The molecular weight excluding hydrogens is 258 g/mol. The van der Waals surface area contributed by atoms with Gasteiger partial charge in [0.25, 0.3) is 0 Å². The van der Waals surface area contributed by atoms with Gasteiger partial charge in [-0.15, -0.1) is 11.6 Å². The number of hydrogen-bond acceptors (Lipinski definition) is 4. The van der Waals surface area contributed by atoms with Gasteiger partial charge in [0.2, 0.25) is 0 Å². The van der Waals surface area contributed by atoms with Crippen molar-refractivity contribution in [3.05, 3.63) is 0 Å². The van der Waals surface area contributed by atoms with Crippen LogP contribution in [0, 0.1) is 5.92 Å². The highest BCUT2D eigenvalue weighted by atomic mass is 35.5. The molecule has 0 aromatic heterocycles. The average molecular weight is 282 g/mol. The van der Waals surface area contributed by atoms with Crippen molar-refractivity contribution in [3.8, 4) is 0 Å². The first-order valence-electron chi connectivity index (χ1n) is 6.51. The molecule has 1 fully saturated rings. The molecular formula is C11H24ClNO3Si. The molecule has 0 aromatic carbocycles. The standard InChI is InChI=1S/C11H24ClNO3Si/c1-3-11-6-8-15-17(14-4-2,9-5-7-12)16-13-10-11/h11,13H,3-10H2,1-2H3. The summed E-state index contributed by atoms with van der Waals surface area (Å²) >= 11 is 5.74. The molecule has 102 valence electrons. The molecule has 0 bridgehead atoms. The largest absolute Gasteiger partial charge is 0.517 e. The fraction of sp³-hybridized carbons (Fsp3) is 1.00. The molecule has 1 rings (SSSR count). The minimum Gasteiger partial charge on any atom is -0.373 e. The smallest absolute Gasteiger partial charge is 0.373 e. The molecule has 1 aliphatic rings. The van der Waals surface area contributed by atoms with Crippen LogP contribution < -0.4 is 5.48 Å². The van der Waals surface area contributed by atoms with Crippen LogP contribution in [0.5, 0.6) is 0 Å². The van der Waals surface area contributed by atoms with Crippen molar-refractivity contribution in [2.24, 2.45) is 5.92 Å². The Morgan fingerprint density at radius 2 is 2.29 bits per heavy atom. The van der Waals surface area contributed by atoms with E-state index in [2.05, 4.69) is 12.4 Å². The molecule has 4 nitrogen and oxygen atoms in total. The summed E-state index contributed by atoms with van der Waals surface area (Å²) in [5.41, 5.74) is 3.04. The van der Waals surface area contributed by atoms with Gasteiger partial charge < -0.3 is 8.85 Å². The third-order valence-corrected chi connectivity index (χ3v) is 6.07. The van der Waals surface area contributed by atoms with Crippen LogP contribution in [-0.2, 0) is 13.4 Å². The van der Waals surface area contributed by atoms with E-state index in [1.54, 1.807) is 0 Å². The molecule has 0 amide bonds. The zero-order valence-corrected chi connectivity index (χ0v) is 12.6. The Balaban J connectivity index is 2.51. The summed E-state index contributed by atoms with van der Waals surface area (Å²) < 4.78 is 17.4. The van der Waals surface area contributed by atoms with Crippen LogP contribution in [0.25, 0.3) is 0 Å². The van der Waals surface area contributed by atoms with E-state index in [9.17, 15) is 0 Å². The maximum atomic E-state index is 5.92. The van der Waals surface area contributed by atoms with Crippen LogP contribution in [-0.4, -0.2) is 34.4 Å². The Hall–Kier alpha value is 0.347. The van der Waals surface area contributed by atoms with Crippen LogP contribution in [0.2, 0.25) is 6.04 Å². The summed E-state index contributed by atoms with van der Waals surface area (Å²) in [4.78, 5) is 0. The van der Waals surface area contributed by atoms with Gasteiger partial charge in [0.15, 0.2) is 0 Å². The van der Waals surface area contributed by atoms with Gasteiger partial charge in [-0.2, -0.15) is 0 Å². The first-order chi connectivity index (χ1) is 8.26. The molecule has 0 spiro atoms. The molecule has 2 unspecified atom stereocenters. The van der Waals surface area contributed by atoms with E-state index in [-0.39, 0.29) is 0 Å². The molecule has 2 atom stereocenters. The van der Waals surface area contributed by atoms with Crippen LogP contribution in [0.1, 0.15) is 33.1 Å². The van der Waals surface area contributed by atoms with Crippen molar-refractivity contribution in [2.75, 3.05) is 25.6 Å². The normalized spacial score (nSPS) is 30.9. The van der Waals surface area contributed by atoms with E-state index in [4.69, 9.17) is 25.0 Å². The van der Waals surface area contributed by atoms with E-state index in [0.717, 1.165) is 38.5 Å². The van der Waals surface area contributed by atoms with E-state index >= 15 is 0 Å². The highest BCUT2D eigenvalue weighted by Gasteiger charge is 2.42. The minimum atomic E-state index is -2.52. The average Bonchev–Trinajstić information content (AvgIpc) is 2.31. The van der Waals surface area contributed by atoms with Crippen LogP contribution in [0.15, 0.2) is 0 Å². The number of nitrogens with one attached hydrogen (secondary N) is 1. The maximum absolute atomic E-state index is 5.92. The van der Waals surface area contributed by atoms with E-state index < -0.39 is 8.80 Å². The van der Waals surface area contributed by atoms with Gasteiger partial charge in [0.1, 0.15) is 0 Å². The second kappa shape index (κ2) is 8.45. The first kappa shape index (κ1) is 15.4. The zero-order valence-electron chi connectivity index (χ0n) is 10.8. The predicted molar refractivity (Wildman–Crippen MR) is 71.0 cm³/mol. The highest BCUT2D eigenvalue weighted by molar-refractivity contribution is 6.60. The van der Waals surface area contributed by atoms with Gasteiger partial charge in [-0.3, -0.25) is 4.53 Å². The number of hydroxylamine groups is 1. The van der Waals surface area contributed by atoms with Gasteiger partial charge in [-0.05, 0) is 25.7 Å². The number of halogens is 1. The van der Waals surface area contributed by atoms with Crippen molar-refractivity contribution < 1.29 is 13.4 Å². The first-order valence-corrected chi connectivity index (χ1v) is 8.97. The third kappa shape index (κ3) is 5.24. The van der Waals surface area contributed by atoms with Gasteiger partial charge in [0.05, 0.1) is 0 Å². The lowest BCUT2D eigenvalue weighted by Crippen LogP contribution is -2.52. The fourth-order valence-corrected chi connectivity index (χ4v) is 4.63. The van der Waals surface area contributed by atoms with Gasteiger partial charge in [-0.1, -0.05) is 13.3 Å². The number of hydrogen-bond donors (Lipinski definition) is 1. The second-order valence-electron chi connectivity index (χ2n) is 4.27. The molecule has 1 aliphatic heterocycles. The lowest BCUT2D eigenvalue weighted by atomic mass is 10.0. The predicted octanol–water partition coefficient (Wildman–Crippen LogP) is 2.56. The third-order valence-electron chi connectivity index (χ3n) is 3.01. The Kier molecular flexibility index (Phi) is 7.66. The van der Waals surface area contributed by atoms with Crippen molar-refractivity contribution in [2.45, 2.75) is 39.2 Å². The Labute approximate surface area is 110 Å². The van der Waals surface area contributed by atoms with Gasteiger partial charge in [-0.25, -0.2) is 5.48 Å². The molecule has 1 N–H and O–H groups in total.